The molecule has 0 spiro atoms. The zero-order chi connectivity index (χ0) is 19.1. The lowest BCUT2D eigenvalue weighted by atomic mass is 9.96. The molecule has 144 valence electrons. The molecule has 1 saturated heterocycles. The van der Waals surface area contributed by atoms with Gasteiger partial charge in [0.05, 0.1) is 12.2 Å². The SMILES string of the molecule is CC[C@@H](CNC(=O)CN1CCN(c2ccccc2O)CC1)c1ccccc1. The fraction of sp³-hybridized carbons (Fsp3) is 0.409. The van der Waals surface area contributed by atoms with Crippen molar-refractivity contribution in [2.24, 2.45) is 0 Å². The number of carbonyl (C=O) groups is 1. The van der Waals surface area contributed by atoms with Crippen LogP contribution in [0.5, 0.6) is 5.75 Å². The molecule has 27 heavy (non-hydrogen) atoms. The lowest BCUT2D eigenvalue weighted by molar-refractivity contribution is -0.122. The Balaban J connectivity index is 1.43. The maximum atomic E-state index is 12.4. The van der Waals surface area contributed by atoms with Crippen LogP contribution >= 0.6 is 0 Å². The highest BCUT2D eigenvalue weighted by molar-refractivity contribution is 5.78. The minimum atomic E-state index is 0.0837. The molecule has 1 amide bonds. The first kappa shape index (κ1) is 19.2. The second-order valence-electron chi connectivity index (χ2n) is 7.07. The van der Waals surface area contributed by atoms with E-state index in [-0.39, 0.29) is 5.91 Å². The van der Waals surface area contributed by atoms with Crippen LogP contribution < -0.4 is 10.2 Å². The van der Waals surface area contributed by atoms with E-state index in [1.54, 1.807) is 6.07 Å². The van der Waals surface area contributed by atoms with Crippen molar-refractivity contribution in [3.8, 4) is 5.75 Å². The number of piperazine rings is 1. The second-order valence-corrected chi connectivity index (χ2v) is 7.07. The number of anilines is 1. The summed E-state index contributed by atoms with van der Waals surface area (Å²) in [7, 11) is 0. The third kappa shape index (κ3) is 5.23. The van der Waals surface area contributed by atoms with E-state index in [4.69, 9.17) is 0 Å². The van der Waals surface area contributed by atoms with Crippen molar-refractivity contribution < 1.29 is 9.90 Å². The number of carbonyl (C=O) groups excluding carboxylic acids is 1. The van der Waals surface area contributed by atoms with Crippen LogP contribution in [-0.4, -0.2) is 55.2 Å². The number of nitrogens with zero attached hydrogens (tertiary/aromatic N) is 2. The molecule has 0 aliphatic carbocycles. The van der Waals surface area contributed by atoms with Gasteiger partial charge in [-0.1, -0.05) is 49.4 Å². The highest BCUT2D eigenvalue weighted by atomic mass is 16.3. The Bertz CT molecular complexity index is 727. The molecule has 1 fully saturated rings. The summed E-state index contributed by atoms with van der Waals surface area (Å²) in [4.78, 5) is 16.7. The van der Waals surface area contributed by atoms with Crippen molar-refractivity contribution in [2.45, 2.75) is 19.3 Å². The third-order valence-corrected chi connectivity index (χ3v) is 5.27. The molecule has 0 unspecified atom stereocenters. The number of benzene rings is 2. The van der Waals surface area contributed by atoms with Crippen molar-refractivity contribution >= 4 is 11.6 Å². The third-order valence-electron chi connectivity index (χ3n) is 5.27. The zero-order valence-corrected chi connectivity index (χ0v) is 16.0. The molecule has 3 rings (SSSR count). The van der Waals surface area contributed by atoms with Crippen LogP contribution in [0.1, 0.15) is 24.8 Å². The van der Waals surface area contributed by atoms with E-state index < -0.39 is 0 Å². The predicted molar refractivity (Wildman–Crippen MR) is 109 cm³/mol. The van der Waals surface area contributed by atoms with Gasteiger partial charge in [0, 0.05) is 38.6 Å². The summed E-state index contributed by atoms with van der Waals surface area (Å²) < 4.78 is 0. The summed E-state index contributed by atoms with van der Waals surface area (Å²) in [6.45, 7) is 6.52. The summed E-state index contributed by atoms with van der Waals surface area (Å²) in [5.41, 5.74) is 2.15. The van der Waals surface area contributed by atoms with E-state index >= 15 is 0 Å². The van der Waals surface area contributed by atoms with Gasteiger partial charge >= 0.3 is 0 Å². The Morgan fingerprint density at radius 2 is 1.70 bits per heavy atom. The van der Waals surface area contributed by atoms with Crippen molar-refractivity contribution in [3.05, 3.63) is 60.2 Å². The van der Waals surface area contributed by atoms with Gasteiger partial charge in [-0.05, 0) is 24.1 Å². The number of hydrogen-bond acceptors (Lipinski definition) is 4. The van der Waals surface area contributed by atoms with Crippen LogP contribution in [0.15, 0.2) is 54.6 Å². The first-order chi connectivity index (χ1) is 13.2. The second kappa shape index (κ2) is 9.42. The summed E-state index contributed by atoms with van der Waals surface area (Å²) in [5.74, 6) is 0.753. The Hall–Kier alpha value is -2.53. The predicted octanol–water partition coefficient (Wildman–Crippen LogP) is 2.82. The number of amides is 1. The van der Waals surface area contributed by atoms with Crippen LogP contribution in [0.2, 0.25) is 0 Å². The Kier molecular flexibility index (Phi) is 6.71. The molecule has 0 bridgehead atoms. The molecule has 1 heterocycles. The fourth-order valence-electron chi connectivity index (χ4n) is 3.60. The Morgan fingerprint density at radius 3 is 2.37 bits per heavy atom. The van der Waals surface area contributed by atoms with E-state index in [1.165, 1.54) is 5.56 Å². The van der Waals surface area contributed by atoms with Crippen LogP contribution in [0.4, 0.5) is 5.69 Å². The lowest BCUT2D eigenvalue weighted by Gasteiger charge is -2.36. The summed E-state index contributed by atoms with van der Waals surface area (Å²) >= 11 is 0. The van der Waals surface area contributed by atoms with Gasteiger partial charge in [-0.25, -0.2) is 0 Å². The maximum Gasteiger partial charge on any atom is 0.234 e. The number of phenols is 1. The van der Waals surface area contributed by atoms with Crippen molar-refractivity contribution in [2.75, 3.05) is 44.2 Å². The van der Waals surface area contributed by atoms with Crippen molar-refractivity contribution in [3.63, 3.8) is 0 Å². The monoisotopic (exact) mass is 367 g/mol. The van der Waals surface area contributed by atoms with E-state index in [0.717, 1.165) is 38.3 Å². The van der Waals surface area contributed by atoms with Gasteiger partial charge in [-0.3, -0.25) is 9.69 Å². The smallest absolute Gasteiger partial charge is 0.234 e. The van der Waals surface area contributed by atoms with Crippen LogP contribution in [0, 0.1) is 0 Å². The van der Waals surface area contributed by atoms with Gasteiger partial charge in [0.25, 0.3) is 0 Å². The number of phenolic OH excluding ortho intramolecular Hbond substituents is 1. The quantitative estimate of drug-likeness (QED) is 0.790. The van der Waals surface area contributed by atoms with Gasteiger partial charge in [-0.15, -0.1) is 0 Å². The molecular weight excluding hydrogens is 338 g/mol. The number of rotatable bonds is 7. The maximum absolute atomic E-state index is 12.4. The summed E-state index contributed by atoms with van der Waals surface area (Å²) in [5, 5.41) is 13.1. The largest absolute Gasteiger partial charge is 0.506 e. The zero-order valence-electron chi connectivity index (χ0n) is 16.0. The normalized spacial score (nSPS) is 16.1. The molecule has 2 aromatic carbocycles. The van der Waals surface area contributed by atoms with Crippen LogP contribution in [-0.2, 0) is 4.79 Å². The highest BCUT2D eigenvalue weighted by Gasteiger charge is 2.21. The van der Waals surface area contributed by atoms with Crippen LogP contribution in [0.3, 0.4) is 0 Å². The fourth-order valence-corrected chi connectivity index (χ4v) is 3.60. The molecular formula is C22H29N3O2. The molecule has 5 nitrogen and oxygen atoms in total. The van der Waals surface area contributed by atoms with Gasteiger partial charge in [0.2, 0.25) is 5.91 Å². The lowest BCUT2D eigenvalue weighted by Crippen LogP contribution is -2.49. The number of hydrogen-bond donors (Lipinski definition) is 2. The molecule has 1 aliphatic rings. The molecule has 1 atom stereocenters. The average Bonchev–Trinajstić information content (AvgIpc) is 2.70. The average molecular weight is 367 g/mol. The van der Waals surface area contributed by atoms with Gasteiger partial charge in [0.1, 0.15) is 5.75 Å². The van der Waals surface area contributed by atoms with Crippen molar-refractivity contribution in [1.82, 2.24) is 10.2 Å². The first-order valence-corrected chi connectivity index (χ1v) is 9.74. The topological polar surface area (TPSA) is 55.8 Å². The summed E-state index contributed by atoms with van der Waals surface area (Å²) in [6, 6.07) is 17.8. The molecule has 1 aliphatic heterocycles. The van der Waals surface area contributed by atoms with Crippen molar-refractivity contribution in [1.29, 1.82) is 0 Å². The molecule has 5 heteroatoms. The number of aromatic hydroxyl groups is 1. The molecule has 2 aromatic rings. The molecule has 0 aromatic heterocycles. The summed E-state index contributed by atoms with van der Waals surface area (Å²) in [6.07, 6.45) is 1.00. The molecule has 0 saturated carbocycles. The number of nitrogens with one attached hydrogen (secondary N) is 1. The van der Waals surface area contributed by atoms with Gasteiger partial charge in [0.15, 0.2) is 0 Å². The van der Waals surface area contributed by atoms with E-state index in [2.05, 4.69) is 34.2 Å². The van der Waals surface area contributed by atoms with Gasteiger partial charge in [-0.2, -0.15) is 0 Å². The molecule has 2 N–H and O–H groups in total. The highest BCUT2D eigenvalue weighted by Crippen LogP contribution is 2.27. The van der Waals surface area contributed by atoms with Crippen LogP contribution in [0.25, 0.3) is 0 Å². The van der Waals surface area contributed by atoms with E-state index in [0.29, 0.717) is 24.8 Å². The standard InChI is InChI=1S/C22H29N3O2/c1-2-18(19-8-4-3-5-9-19)16-23-22(27)17-24-12-14-25(15-13-24)20-10-6-7-11-21(20)26/h3-11,18,26H,2,12-17H2,1H3,(H,23,27)/t18-/m0/s1. The molecule has 0 radical (unpaired) electrons. The minimum absolute atomic E-state index is 0.0837. The van der Waals surface area contributed by atoms with E-state index in [9.17, 15) is 9.90 Å². The first-order valence-electron chi connectivity index (χ1n) is 9.74. The Labute approximate surface area is 161 Å². The minimum Gasteiger partial charge on any atom is -0.506 e. The van der Waals surface area contributed by atoms with E-state index in [1.807, 2.05) is 36.4 Å². The number of para-hydroxylation sites is 2. The van der Waals surface area contributed by atoms with Gasteiger partial charge < -0.3 is 15.3 Å². The Morgan fingerprint density at radius 1 is 1.04 bits per heavy atom.